The lowest BCUT2D eigenvalue weighted by atomic mass is 9.88. The number of pyridine rings is 1. The summed E-state index contributed by atoms with van der Waals surface area (Å²) in [5.74, 6) is -0.174. The summed E-state index contributed by atoms with van der Waals surface area (Å²) in [6, 6.07) is 13.7. The molecule has 4 aromatic rings. The van der Waals surface area contributed by atoms with Gasteiger partial charge in [0.05, 0.1) is 17.6 Å². The number of nitrogens with zero attached hydrogens (tertiary/aromatic N) is 5. The average Bonchev–Trinajstić information content (AvgIpc) is 3.46. The molecular weight excluding hydrogens is 504 g/mol. The van der Waals surface area contributed by atoms with Crippen LogP contribution in [-0.2, 0) is 9.84 Å². The van der Waals surface area contributed by atoms with E-state index in [1.54, 1.807) is 12.4 Å². The molecule has 2 aliphatic rings. The maximum Gasteiger partial charge on any atom is 0.215 e. The summed E-state index contributed by atoms with van der Waals surface area (Å²) in [6.45, 7) is 0. The van der Waals surface area contributed by atoms with Crippen LogP contribution in [0.5, 0.6) is 0 Å². The van der Waals surface area contributed by atoms with Crippen molar-refractivity contribution >= 4 is 27.3 Å². The van der Waals surface area contributed by atoms with E-state index in [4.69, 9.17) is 16.1 Å². The van der Waals surface area contributed by atoms with Crippen molar-refractivity contribution in [2.24, 2.45) is 0 Å². The van der Waals surface area contributed by atoms with Gasteiger partial charge in [0.2, 0.25) is 5.96 Å². The van der Waals surface area contributed by atoms with Crippen LogP contribution in [0.2, 0.25) is 0 Å². The van der Waals surface area contributed by atoms with Crippen molar-refractivity contribution in [3.05, 3.63) is 60.6 Å². The smallest absolute Gasteiger partial charge is 0.215 e. The zero-order chi connectivity index (χ0) is 26.6. The van der Waals surface area contributed by atoms with Crippen LogP contribution in [0.1, 0.15) is 37.3 Å². The molecule has 2 saturated heterocycles. The molecule has 2 bridgehead atoms. The van der Waals surface area contributed by atoms with E-state index in [1.165, 1.54) is 4.52 Å². The van der Waals surface area contributed by atoms with Gasteiger partial charge in [-0.2, -0.15) is 9.61 Å². The molecule has 0 radical (unpaired) electrons. The summed E-state index contributed by atoms with van der Waals surface area (Å²) >= 11 is 0. The molecule has 2 aliphatic heterocycles. The molecule has 0 saturated carbocycles. The maximum atomic E-state index is 12.9. The van der Waals surface area contributed by atoms with Crippen molar-refractivity contribution in [3.63, 3.8) is 0 Å². The second kappa shape index (κ2) is 9.07. The van der Waals surface area contributed by atoms with Crippen LogP contribution >= 0.6 is 0 Å². The van der Waals surface area contributed by atoms with Crippen LogP contribution in [0.4, 0.5) is 5.82 Å². The first kappa shape index (κ1) is 24.3. The molecular formula is C26H28N8O3S. The van der Waals surface area contributed by atoms with Crippen LogP contribution in [0.3, 0.4) is 0 Å². The van der Waals surface area contributed by atoms with E-state index in [1.807, 2.05) is 52.8 Å². The highest BCUT2D eigenvalue weighted by Gasteiger charge is 2.44. The van der Waals surface area contributed by atoms with Crippen molar-refractivity contribution in [1.29, 1.82) is 5.41 Å². The predicted molar refractivity (Wildman–Crippen MR) is 142 cm³/mol. The molecule has 12 heteroatoms. The van der Waals surface area contributed by atoms with Gasteiger partial charge in [0.1, 0.15) is 10.7 Å². The lowest BCUT2D eigenvalue weighted by Crippen LogP contribution is -2.50. The van der Waals surface area contributed by atoms with Crippen molar-refractivity contribution in [1.82, 2.24) is 30.0 Å². The first-order valence-electron chi connectivity index (χ1n) is 12.4. The third kappa shape index (κ3) is 3.96. The number of aromatic nitrogens is 4. The summed E-state index contributed by atoms with van der Waals surface area (Å²) in [5, 5.41) is 21.8. The Labute approximate surface area is 219 Å². The van der Waals surface area contributed by atoms with Gasteiger partial charge in [-0.3, -0.25) is 15.6 Å². The first-order valence-corrected chi connectivity index (χ1v) is 14.3. The SMILES string of the molecule is CS(=O)(=O)c1c([C@H]2C[C@H]3CC[C@@H](C2)N3C(=N)NO)nc2c(-c3ccc(-c4ccccc4)nc3)cnn2c1N. The highest BCUT2D eigenvalue weighted by Crippen LogP contribution is 2.45. The number of piperidine rings is 1. The van der Waals surface area contributed by atoms with E-state index >= 15 is 0 Å². The lowest BCUT2D eigenvalue weighted by Gasteiger charge is -2.39. The van der Waals surface area contributed by atoms with Gasteiger partial charge >= 0.3 is 0 Å². The molecule has 0 spiro atoms. The fourth-order valence-corrected chi connectivity index (χ4v) is 7.09. The predicted octanol–water partition coefficient (Wildman–Crippen LogP) is 3.07. The van der Waals surface area contributed by atoms with Crippen LogP contribution in [0.15, 0.2) is 59.8 Å². The number of hydroxylamine groups is 1. The van der Waals surface area contributed by atoms with E-state index in [0.717, 1.165) is 35.9 Å². The van der Waals surface area contributed by atoms with Crippen molar-refractivity contribution in [3.8, 4) is 22.4 Å². The fourth-order valence-electron chi connectivity index (χ4n) is 6.03. The van der Waals surface area contributed by atoms with Crippen molar-refractivity contribution in [2.45, 2.75) is 48.6 Å². The Morgan fingerprint density at radius 1 is 1.08 bits per heavy atom. The molecule has 5 heterocycles. The van der Waals surface area contributed by atoms with E-state index in [9.17, 15) is 13.6 Å². The Bertz CT molecular complexity index is 1620. The number of guanidine groups is 1. The second-order valence-corrected chi connectivity index (χ2v) is 11.9. The number of nitrogens with two attached hydrogens (primary N) is 1. The van der Waals surface area contributed by atoms with Crippen LogP contribution in [-0.4, -0.2) is 62.4 Å². The van der Waals surface area contributed by atoms with Gasteiger partial charge in [0.25, 0.3) is 0 Å². The van der Waals surface area contributed by atoms with E-state index < -0.39 is 9.84 Å². The minimum atomic E-state index is -3.71. The van der Waals surface area contributed by atoms with Crippen LogP contribution < -0.4 is 11.2 Å². The molecule has 11 nitrogen and oxygen atoms in total. The quantitative estimate of drug-likeness (QED) is 0.176. The summed E-state index contributed by atoms with van der Waals surface area (Å²) in [5.41, 5.74) is 12.7. The number of rotatable bonds is 4. The number of hydrogen-bond donors (Lipinski definition) is 4. The number of anilines is 1. The number of sulfone groups is 1. The van der Waals surface area contributed by atoms with Gasteiger partial charge in [-0.15, -0.1) is 0 Å². The van der Waals surface area contributed by atoms with Crippen molar-refractivity contribution in [2.75, 3.05) is 12.0 Å². The van der Waals surface area contributed by atoms with Crippen LogP contribution in [0.25, 0.3) is 28.0 Å². The minimum absolute atomic E-state index is 0.00308. The van der Waals surface area contributed by atoms with E-state index in [0.29, 0.717) is 29.7 Å². The zero-order valence-corrected chi connectivity index (χ0v) is 21.6. The number of fused-ring (bicyclic) bond motifs is 3. The molecule has 38 heavy (non-hydrogen) atoms. The van der Waals surface area contributed by atoms with Gasteiger partial charge < -0.3 is 10.6 Å². The standard InChI is InChI=1S/C26H28N8O3S/c1-38(36,37)23-22(17-11-18-8-9-19(12-17)33(18)26(28)32-35)31-25-20(14-30-34(25)24(23)27)16-7-10-21(29-13-16)15-5-3-2-4-6-15/h2-7,10,13-14,17-19,35H,8-9,11-12,27H2,1H3,(H2,28,32)/t17-,18+,19-. The maximum absolute atomic E-state index is 12.9. The summed E-state index contributed by atoms with van der Waals surface area (Å²) in [7, 11) is -3.71. The topological polar surface area (TPSA) is 163 Å². The Kier molecular flexibility index (Phi) is 5.80. The summed E-state index contributed by atoms with van der Waals surface area (Å²) < 4.78 is 27.3. The third-order valence-corrected chi connectivity index (χ3v) is 8.82. The normalized spacial score (nSPS) is 21.1. The van der Waals surface area contributed by atoms with Crippen molar-refractivity contribution < 1.29 is 13.6 Å². The lowest BCUT2D eigenvalue weighted by molar-refractivity contribution is 0.159. The third-order valence-electron chi connectivity index (χ3n) is 7.66. The number of benzene rings is 1. The Balaban J connectivity index is 1.44. The van der Waals surface area contributed by atoms with Gasteiger partial charge in [-0.05, 0) is 31.7 Å². The number of hydrogen-bond acceptors (Lipinski definition) is 8. The molecule has 5 N–H and O–H groups in total. The highest BCUT2D eigenvalue weighted by atomic mass is 32.2. The Morgan fingerprint density at radius 2 is 1.79 bits per heavy atom. The van der Waals surface area contributed by atoms with Crippen LogP contribution in [0, 0.1) is 5.41 Å². The largest absolute Gasteiger partial charge is 0.382 e. The molecule has 6 rings (SSSR count). The first-order chi connectivity index (χ1) is 18.3. The molecule has 0 unspecified atom stereocenters. The second-order valence-electron chi connectivity index (χ2n) is 10.00. The minimum Gasteiger partial charge on any atom is -0.382 e. The molecule has 0 amide bonds. The summed E-state index contributed by atoms with van der Waals surface area (Å²) in [6.07, 6.45) is 7.44. The van der Waals surface area contributed by atoms with Gasteiger partial charge in [-0.1, -0.05) is 36.4 Å². The molecule has 2 fully saturated rings. The molecule has 3 aromatic heterocycles. The average molecular weight is 533 g/mol. The Morgan fingerprint density at radius 3 is 2.39 bits per heavy atom. The number of nitrogen functional groups attached to an aromatic ring is 1. The van der Waals surface area contributed by atoms with Gasteiger partial charge in [0.15, 0.2) is 15.5 Å². The van der Waals surface area contributed by atoms with Gasteiger partial charge in [0, 0.05) is 47.1 Å². The summed E-state index contributed by atoms with van der Waals surface area (Å²) in [4.78, 5) is 11.4. The fraction of sp³-hybridized carbons (Fsp3) is 0.308. The van der Waals surface area contributed by atoms with E-state index in [2.05, 4.69) is 10.1 Å². The highest BCUT2D eigenvalue weighted by molar-refractivity contribution is 7.91. The molecule has 0 aliphatic carbocycles. The monoisotopic (exact) mass is 532 g/mol. The number of nitrogens with one attached hydrogen (secondary N) is 2. The van der Waals surface area contributed by atoms with E-state index in [-0.39, 0.29) is 34.7 Å². The molecule has 3 atom stereocenters. The molecule has 1 aromatic carbocycles. The Hall–Kier alpha value is -4.03. The van der Waals surface area contributed by atoms with Gasteiger partial charge in [-0.25, -0.2) is 18.9 Å². The molecule has 196 valence electrons. The zero-order valence-electron chi connectivity index (χ0n) is 20.7.